The topological polar surface area (TPSA) is 99.1 Å². The molecule has 1 aromatic heterocycles. The molecule has 0 saturated carbocycles. The van der Waals surface area contributed by atoms with Crippen LogP contribution in [0.4, 0.5) is 5.82 Å². The Hall–Kier alpha value is -4.25. The van der Waals surface area contributed by atoms with Crippen molar-refractivity contribution in [2.24, 2.45) is 5.73 Å². The van der Waals surface area contributed by atoms with E-state index in [0.29, 0.717) is 22.5 Å². The van der Waals surface area contributed by atoms with Crippen molar-refractivity contribution in [1.29, 1.82) is 0 Å². The maximum atomic E-state index is 12.6. The quantitative estimate of drug-likeness (QED) is 0.493. The molecule has 1 amide bonds. The average molecular weight is 393 g/mol. The van der Waals surface area contributed by atoms with E-state index < -0.39 is 5.91 Å². The summed E-state index contributed by atoms with van der Waals surface area (Å²) < 4.78 is 0. The van der Waals surface area contributed by atoms with Crippen molar-refractivity contribution in [2.75, 3.05) is 5.73 Å². The van der Waals surface area contributed by atoms with E-state index in [1.807, 2.05) is 48.5 Å². The van der Waals surface area contributed by atoms with E-state index in [1.54, 1.807) is 42.6 Å². The summed E-state index contributed by atoms with van der Waals surface area (Å²) in [6.07, 6.45) is 1.70. The van der Waals surface area contributed by atoms with E-state index in [4.69, 9.17) is 11.5 Å². The first-order valence-electron chi connectivity index (χ1n) is 9.39. The van der Waals surface area contributed by atoms with Crippen LogP contribution in [0.3, 0.4) is 0 Å². The van der Waals surface area contributed by atoms with Crippen LogP contribution in [0.1, 0.15) is 26.3 Å². The van der Waals surface area contributed by atoms with Crippen LogP contribution >= 0.6 is 0 Å². The standard InChI is InChI=1S/C25H19N3O2/c26-24-22(17-8-12-20(13-9-17)25(27)30)14-21(15-28-24)16-6-10-19(11-7-16)23(29)18-4-2-1-3-5-18/h1-15H,(H2,26,28)(H2,27,30). The molecule has 5 heteroatoms. The number of nitrogens with zero attached hydrogens (tertiary/aromatic N) is 1. The second-order valence-electron chi connectivity index (χ2n) is 6.87. The third-order valence-electron chi connectivity index (χ3n) is 4.92. The Morgan fingerprint density at radius 3 is 1.87 bits per heavy atom. The predicted molar refractivity (Wildman–Crippen MR) is 118 cm³/mol. The molecule has 0 aliphatic carbocycles. The van der Waals surface area contributed by atoms with Crippen molar-refractivity contribution in [1.82, 2.24) is 4.98 Å². The third-order valence-corrected chi connectivity index (χ3v) is 4.92. The minimum absolute atomic E-state index is 0.0205. The number of ketones is 1. The van der Waals surface area contributed by atoms with Gasteiger partial charge in [-0.15, -0.1) is 0 Å². The number of hydrogen-bond acceptors (Lipinski definition) is 4. The lowest BCUT2D eigenvalue weighted by Crippen LogP contribution is -2.10. The minimum Gasteiger partial charge on any atom is -0.383 e. The summed E-state index contributed by atoms with van der Waals surface area (Å²) in [5, 5.41) is 0. The molecule has 0 radical (unpaired) electrons. The predicted octanol–water partition coefficient (Wildman–Crippen LogP) is 4.33. The lowest BCUT2D eigenvalue weighted by Gasteiger charge is -2.10. The normalized spacial score (nSPS) is 10.5. The van der Waals surface area contributed by atoms with Gasteiger partial charge < -0.3 is 11.5 Å². The van der Waals surface area contributed by atoms with Gasteiger partial charge in [0.15, 0.2) is 5.78 Å². The van der Waals surface area contributed by atoms with Gasteiger partial charge in [-0.05, 0) is 29.3 Å². The number of amides is 1. The molecule has 0 aliphatic rings. The number of benzene rings is 3. The summed E-state index contributed by atoms with van der Waals surface area (Å²) in [6.45, 7) is 0. The zero-order chi connectivity index (χ0) is 21.1. The Bertz CT molecular complexity index is 1220. The lowest BCUT2D eigenvalue weighted by atomic mass is 9.97. The van der Waals surface area contributed by atoms with Crippen LogP contribution in [-0.4, -0.2) is 16.7 Å². The molecular formula is C25H19N3O2. The number of anilines is 1. The molecule has 4 N–H and O–H groups in total. The maximum absolute atomic E-state index is 12.6. The highest BCUT2D eigenvalue weighted by Crippen LogP contribution is 2.30. The van der Waals surface area contributed by atoms with Gasteiger partial charge in [0, 0.05) is 34.0 Å². The fraction of sp³-hybridized carbons (Fsp3) is 0. The number of rotatable bonds is 5. The van der Waals surface area contributed by atoms with Crippen LogP contribution in [0.25, 0.3) is 22.3 Å². The fourth-order valence-electron chi connectivity index (χ4n) is 3.25. The first-order valence-corrected chi connectivity index (χ1v) is 9.39. The van der Waals surface area contributed by atoms with E-state index >= 15 is 0 Å². The number of carbonyl (C=O) groups is 2. The molecule has 5 nitrogen and oxygen atoms in total. The van der Waals surface area contributed by atoms with Crippen LogP contribution in [0, 0.1) is 0 Å². The SMILES string of the molecule is NC(=O)c1ccc(-c2cc(-c3ccc(C(=O)c4ccccc4)cc3)cnc2N)cc1. The highest BCUT2D eigenvalue weighted by molar-refractivity contribution is 6.09. The zero-order valence-electron chi connectivity index (χ0n) is 16.1. The molecule has 1 heterocycles. The van der Waals surface area contributed by atoms with Gasteiger partial charge in [0.25, 0.3) is 0 Å². The van der Waals surface area contributed by atoms with Gasteiger partial charge in [-0.25, -0.2) is 4.98 Å². The Balaban J connectivity index is 1.64. The summed E-state index contributed by atoms with van der Waals surface area (Å²) in [7, 11) is 0. The maximum Gasteiger partial charge on any atom is 0.248 e. The van der Waals surface area contributed by atoms with Crippen LogP contribution in [0.5, 0.6) is 0 Å². The summed E-state index contributed by atoms with van der Waals surface area (Å²) in [5.74, 6) is -0.110. The summed E-state index contributed by atoms with van der Waals surface area (Å²) in [5.41, 5.74) is 16.5. The monoisotopic (exact) mass is 393 g/mol. The number of pyridine rings is 1. The number of hydrogen-bond donors (Lipinski definition) is 2. The largest absolute Gasteiger partial charge is 0.383 e. The van der Waals surface area contributed by atoms with Gasteiger partial charge in [0.05, 0.1) is 0 Å². The second-order valence-corrected chi connectivity index (χ2v) is 6.87. The van der Waals surface area contributed by atoms with Crippen molar-refractivity contribution in [2.45, 2.75) is 0 Å². The van der Waals surface area contributed by atoms with Gasteiger partial charge in [-0.1, -0.05) is 66.7 Å². The molecule has 0 atom stereocenters. The van der Waals surface area contributed by atoms with Gasteiger partial charge in [0.2, 0.25) is 5.91 Å². The molecule has 0 fully saturated rings. The number of nitrogen functional groups attached to an aromatic ring is 1. The molecule has 30 heavy (non-hydrogen) atoms. The van der Waals surface area contributed by atoms with Gasteiger partial charge in [-0.2, -0.15) is 0 Å². The molecule has 0 bridgehead atoms. The van der Waals surface area contributed by atoms with Gasteiger partial charge in [0.1, 0.15) is 5.82 Å². The van der Waals surface area contributed by atoms with Crippen molar-refractivity contribution in [3.8, 4) is 22.3 Å². The molecular weight excluding hydrogens is 374 g/mol. The van der Waals surface area contributed by atoms with Crippen molar-refractivity contribution >= 4 is 17.5 Å². The highest BCUT2D eigenvalue weighted by Gasteiger charge is 2.11. The first-order chi connectivity index (χ1) is 14.5. The Labute approximate surface area is 174 Å². The molecule has 0 spiro atoms. The van der Waals surface area contributed by atoms with Crippen molar-refractivity contribution < 1.29 is 9.59 Å². The fourth-order valence-corrected chi connectivity index (χ4v) is 3.25. The number of nitrogens with two attached hydrogens (primary N) is 2. The molecule has 4 aromatic rings. The molecule has 146 valence electrons. The molecule has 0 aliphatic heterocycles. The van der Waals surface area contributed by atoms with Crippen LogP contribution in [0.2, 0.25) is 0 Å². The molecule has 0 unspecified atom stereocenters. The first kappa shape index (κ1) is 19.1. The Kier molecular flexibility index (Phi) is 5.09. The molecule has 4 rings (SSSR count). The number of aromatic nitrogens is 1. The Morgan fingerprint density at radius 1 is 0.667 bits per heavy atom. The smallest absolute Gasteiger partial charge is 0.248 e. The zero-order valence-corrected chi connectivity index (χ0v) is 16.1. The summed E-state index contributed by atoms with van der Waals surface area (Å²) in [6, 6.07) is 25.4. The van der Waals surface area contributed by atoms with E-state index in [-0.39, 0.29) is 5.78 Å². The van der Waals surface area contributed by atoms with Crippen LogP contribution < -0.4 is 11.5 Å². The van der Waals surface area contributed by atoms with Gasteiger partial charge >= 0.3 is 0 Å². The molecule has 0 saturated heterocycles. The van der Waals surface area contributed by atoms with E-state index in [1.165, 1.54) is 0 Å². The van der Waals surface area contributed by atoms with E-state index in [9.17, 15) is 9.59 Å². The summed E-state index contributed by atoms with van der Waals surface area (Å²) >= 11 is 0. The van der Waals surface area contributed by atoms with Crippen LogP contribution in [0.15, 0.2) is 91.1 Å². The number of primary amides is 1. The van der Waals surface area contributed by atoms with Gasteiger partial charge in [-0.3, -0.25) is 9.59 Å². The Morgan fingerprint density at radius 2 is 1.23 bits per heavy atom. The highest BCUT2D eigenvalue weighted by atomic mass is 16.1. The van der Waals surface area contributed by atoms with E-state index in [2.05, 4.69) is 4.98 Å². The van der Waals surface area contributed by atoms with Crippen molar-refractivity contribution in [3.05, 3.63) is 108 Å². The number of carbonyl (C=O) groups excluding carboxylic acids is 2. The molecule has 3 aromatic carbocycles. The lowest BCUT2D eigenvalue weighted by molar-refractivity contribution is 0.0998. The average Bonchev–Trinajstić information content (AvgIpc) is 2.80. The third kappa shape index (κ3) is 3.82. The van der Waals surface area contributed by atoms with Crippen LogP contribution in [-0.2, 0) is 0 Å². The summed E-state index contributed by atoms with van der Waals surface area (Å²) in [4.78, 5) is 28.2. The van der Waals surface area contributed by atoms with E-state index in [0.717, 1.165) is 22.3 Å². The van der Waals surface area contributed by atoms with Crippen molar-refractivity contribution in [3.63, 3.8) is 0 Å². The second kappa shape index (κ2) is 8.01. The minimum atomic E-state index is -0.480.